The number of aryl methyl sites for hydroxylation is 1. The van der Waals surface area contributed by atoms with Crippen molar-refractivity contribution in [3.63, 3.8) is 0 Å². The van der Waals surface area contributed by atoms with E-state index in [4.69, 9.17) is 11.6 Å². The van der Waals surface area contributed by atoms with Gasteiger partial charge in [0, 0.05) is 5.56 Å². The molecule has 0 saturated heterocycles. The first kappa shape index (κ1) is 12.0. The van der Waals surface area contributed by atoms with Crippen molar-refractivity contribution in [3.8, 4) is 11.3 Å². The van der Waals surface area contributed by atoms with E-state index in [1.165, 1.54) is 6.07 Å². The van der Waals surface area contributed by atoms with Crippen LogP contribution in [0.3, 0.4) is 0 Å². The summed E-state index contributed by atoms with van der Waals surface area (Å²) in [4.78, 5) is 0. The lowest BCUT2D eigenvalue weighted by Gasteiger charge is -2.08. The van der Waals surface area contributed by atoms with Gasteiger partial charge in [0.15, 0.2) is 5.15 Å². The summed E-state index contributed by atoms with van der Waals surface area (Å²) in [6, 6.07) is 5.04. The average molecular weight is 251 g/mol. The van der Waals surface area contributed by atoms with Gasteiger partial charge in [0.2, 0.25) is 0 Å². The predicted octanol–water partition coefficient (Wildman–Crippen LogP) is 3.86. The van der Waals surface area contributed by atoms with E-state index in [0.29, 0.717) is 16.4 Å². The van der Waals surface area contributed by atoms with Crippen LogP contribution in [-0.4, -0.2) is 10.2 Å². The van der Waals surface area contributed by atoms with Crippen molar-refractivity contribution in [3.05, 3.63) is 45.9 Å². The highest BCUT2D eigenvalue weighted by Gasteiger charge is 2.11. The fourth-order valence-electron chi connectivity index (χ4n) is 1.59. The molecular formula is C13H12ClFN2. The maximum absolute atomic E-state index is 13.5. The molecule has 0 saturated carbocycles. The van der Waals surface area contributed by atoms with Crippen LogP contribution in [0.15, 0.2) is 18.2 Å². The van der Waals surface area contributed by atoms with Crippen LogP contribution in [0.5, 0.6) is 0 Å². The van der Waals surface area contributed by atoms with Gasteiger partial charge in [0.25, 0.3) is 0 Å². The number of benzene rings is 1. The quantitative estimate of drug-likeness (QED) is 0.768. The lowest BCUT2D eigenvalue weighted by Crippen LogP contribution is -1.97. The zero-order chi connectivity index (χ0) is 12.6. The van der Waals surface area contributed by atoms with Crippen LogP contribution in [0, 0.1) is 26.6 Å². The Bertz CT molecular complexity index is 582. The van der Waals surface area contributed by atoms with Gasteiger partial charge < -0.3 is 0 Å². The molecule has 88 valence electrons. The minimum absolute atomic E-state index is 0.240. The molecule has 0 bridgehead atoms. The van der Waals surface area contributed by atoms with Crippen LogP contribution in [-0.2, 0) is 0 Å². The van der Waals surface area contributed by atoms with Crippen molar-refractivity contribution in [2.45, 2.75) is 20.8 Å². The van der Waals surface area contributed by atoms with Crippen LogP contribution in [0.2, 0.25) is 5.15 Å². The SMILES string of the molecule is Cc1ccc(-c2nnc(Cl)c(C)c2C)cc1F. The first-order valence-corrected chi connectivity index (χ1v) is 5.64. The highest BCUT2D eigenvalue weighted by atomic mass is 35.5. The Kier molecular flexibility index (Phi) is 3.11. The molecule has 0 N–H and O–H groups in total. The van der Waals surface area contributed by atoms with Gasteiger partial charge in [0.1, 0.15) is 5.82 Å². The smallest absolute Gasteiger partial charge is 0.154 e. The zero-order valence-corrected chi connectivity index (χ0v) is 10.6. The average Bonchev–Trinajstić information content (AvgIpc) is 2.30. The molecule has 1 aromatic heterocycles. The van der Waals surface area contributed by atoms with Gasteiger partial charge in [-0.1, -0.05) is 23.7 Å². The van der Waals surface area contributed by atoms with E-state index < -0.39 is 0 Å². The molecule has 0 spiro atoms. The molecule has 0 unspecified atom stereocenters. The summed E-state index contributed by atoms with van der Waals surface area (Å²) in [6.07, 6.45) is 0. The van der Waals surface area contributed by atoms with Crippen molar-refractivity contribution in [1.29, 1.82) is 0 Å². The molecule has 1 aromatic carbocycles. The summed E-state index contributed by atoms with van der Waals surface area (Å²) >= 11 is 5.88. The molecule has 0 radical (unpaired) electrons. The Morgan fingerprint density at radius 3 is 2.41 bits per heavy atom. The minimum Gasteiger partial charge on any atom is -0.207 e. The Balaban J connectivity index is 2.61. The van der Waals surface area contributed by atoms with Crippen LogP contribution < -0.4 is 0 Å². The standard InChI is InChI=1S/C13H12ClFN2/c1-7-4-5-10(6-11(7)15)12-8(2)9(3)13(14)17-16-12/h4-6H,1-3H3. The topological polar surface area (TPSA) is 25.8 Å². The molecule has 1 heterocycles. The number of nitrogens with zero attached hydrogens (tertiary/aromatic N) is 2. The molecule has 17 heavy (non-hydrogen) atoms. The molecule has 2 nitrogen and oxygen atoms in total. The number of rotatable bonds is 1. The molecule has 2 rings (SSSR count). The summed E-state index contributed by atoms with van der Waals surface area (Å²) in [5, 5.41) is 8.28. The van der Waals surface area contributed by atoms with Crippen molar-refractivity contribution < 1.29 is 4.39 Å². The Morgan fingerprint density at radius 2 is 1.76 bits per heavy atom. The van der Waals surface area contributed by atoms with Crippen molar-refractivity contribution in [2.24, 2.45) is 0 Å². The number of hydrogen-bond acceptors (Lipinski definition) is 2. The van der Waals surface area contributed by atoms with Crippen molar-refractivity contribution in [2.75, 3.05) is 0 Å². The van der Waals surface area contributed by atoms with E-state index in [2.05, 4.69) is 10.2 Å². The Labute approximate surface area is 104 Å². The predicted molar refractivity (Wildman–Crippen MR) is 66.6 cm³/mol. The molecule has 4 heteroatoms. The second-order valence-electron chi connectivity index (χ2n) is 4.05. The highest BCUT2D eigenvalue weighted by Crippen LogP contribution is 2.26. The van der Waals surface area contributed by atoms with Crippen molar-refractivity contribution >= 4 is 11.6 Å². The molecule has 0 aliphatic rings. The largest absolute Gasteiger partial charge is 0.207 e. The van der Waals surface area contributed by atoms with Gasteiger partial charge >= 0.3 is 0 Å². The second-order valence-corrected chi connectivity index (χ2v) is 4.41. The van der Waals surface area contributed by atoms with Gasteiger partial charge in [-0.3, -0.25) is 0 Å². The fourth-order valence-corrected chi connectivity index (χ4v) is 1.77. The lowest BCUT2D eigenvalue weighted by molar-refractivity contribution is 0.619. The molecule has 0 amide bonds. The zero-order valence-electron chi connectivity index (χ0n) is 9.88. The molecule has 0 atom stereocenters. The third kappa shape index (κ3) is 2.15. The molecule has 0 aliphatic heterocycles. The Morgan fingerprint density at radius 1 is 1.06 bits per heavy atom. The number of hydrogen-bond donors (Lipinski definition) is 0. The maximum Gasteiger partial charge on any atom is 0.154 e. The monoisotopic (exact) mass is 250 g/mol. The third-order valence-corrected chi connectivity index (χ3v) is 3.27. The van der Waals surface area contributed by atoms with E-state index in [-0.39, 0.29) is 5.82 Å². The van der Waals surface area contributed by atoms with Gasteiger partial charge in [-0.25, -0.2) is 4.39 Å². The Hall–Kier alpha value is -1.48. The molecule has 0 fully saturated rings. The highest BCUT2D eigenvalue weighted by molar-refractivity contribution is 6.30. The van der Waals surface area contributed by atoms with Gasteiger partial charge in [-0.15, -0.1) is 10.2 Å². The summed E-state index contributed by atoms with van der Waals surface area (Å²) in [6.45, 7) is 5.51. The lowest BCUT2D eigenvalue weighted by atomic mass is 10.0. The summed E-state index contributed by atoms with van der Waals surface area (Å²) < 4.78 is 13.5. The normalized spacial score (nSPS) is 10.6. The molecular weight excluding hydrogens is 239 g/mol. The summed E-state index contributed by atoms with van der Waals surface area (Å²) in [5.41, 5.74) is 3.81. The number of aromatic nitrogens is 2. The van der Waals surface area contributed by atoms with E-state index in [1.54, 1.807) is 13.0 Å². The minimum atomic E-state index is -0.240. The fraction of sp³-hybridized carbons (Fsp3) is 0.231. The van der Waals surface area contributed by atoms with Crippen LogP contribution in [0.1, 0.15) is 16.7 Å². The summed E-state index contributed by atoms with van der Waals surface area (Å²) in [5.74, 6) is -0.240. The van der Waals surface area contributed by atoms with E-state index in [9.17, 15) is 4.39 Å². The van der Waals surface area contributed by atoms with Gasteiger partial charge in [-0.2, -0.15) is 0 Å². The first-order valence-electron chi connectivity index (χ1n) is 5.26. The third-order valence-electron chi connectivity index (χ3n) is 2.91. The van der Waals surface area contributed by atoms with Crippen LogP contribution >= 0.6 is 11.6 Å². The molecule has 0 aliphatic carbocycles. The number of halogens is 2. The van der Waals surface area contributed by atoms with E-state index in [1.807, 2.05) is 19.9 Å². The summed E-state index contributed by atoms with van der Waals surface area (Å²) in [7, 11) is 0. The van der Waals surface area contributed by atoms with Gasteiger partial charge in [-0.05, 0) is 43.5 Å². The van der Waals surface area contributed by atoms with Gasteiger partial charge in [0.05, 0.1) is 5.69 Å². The van der Waals surface area contributed by atoms with Crippen LogP contribution in [0.4, 0.5) is 4.39 Å². The maximum atomic E-state index is 13.5. The molecule has 2 aromatic rings. The van der Waals surface area contributed by atoms with E-state index in [0.717, 1.165) is 16.7 Å². The van der Waals surface area contributed by atoms with Crippen molar-refractivity contribution in [1.82, 2.24) is 10.2 Å². The van der Waals surface area contributed by atoms with E-state index >= 15 is 0 Å². The van der Waals surface area contributed by atoms with Crippen LogP contribution in [0.25, 0.3) is 11.3 Å². The second kappa shape index (κ2) is 4.41. The first-order chi connectivity index (χ1) is 8.00.